The summed E-state index contributed by atoms with van der Waals surface area (Å²) in [6.07, 6.45) is 3.84. The van der Waals surface area contributed by atoms with Crippen LogP contribution in [0.4, 0.5) is 0 Å². The molecule has 1 rings (SSSR count). The minimum Gasteiger partial charge on any atom is -0.285 e. The van der Waals surface area contributed by atoms with Crippen LogP contribution < -0.4 is 0 Å². The summed E-state index contributed by atoms with van der Waals surface area (Å²) >= 11 is 0. The number of benzene rings is 1. The second kappa shape index (κ2) is 4.05. The van der Waals surface area contributed by atoms with Crippen LogP contribution in [0.15, 0.2) is 18.2 Å². The van der Waals surface area contributed by atoms with E-state index in [2.05, 4.69) is 13.0 Å². The molecule has 0 heterocycles. The van der Waals surface area contributed by atoms with Gasteiger partial charge in [0.2, 0.25) is 6.29 Å². The molecule has 63 valence electrons. The predicted octanol–water partition coefficient (Wildman–Crippen LogP) is 2.27. The lowest BCUT2D eigenvalue weighted by Crippen LogP contribution is -1.92. The average Bonchev–Trinajstić information content (AvgIpc) is 2.16. The lowest BCUT2D eigenvalue weighted by atomic mass is 10.0. The summed E-state index contributed by atoms with van der Waals surface area (Å²) in [5, 5.41) is 0. The summed E-state index contributed by atoms with van der Waals surface area (Å²) in [5.74, 6) is 0. The van der Waals surface area contributed by atoms with Crippen LogP contribution in [0.3, 0.4) is 0 Å². The molecule has 0 amide bonds. The zero-order chi connectivity index (χ0) is 8.97. The fourth-order valence-corrected chi connectivity index (χ4v) is 1.25. The lowest BCUT2D eigenvalue weighted by Gasteiger charge is -2.02. The first kappa shape index (κ1) is 8.98. The molecule has 1 radical (unpaired) electrons. The largest absolute Gasteiger partial charge is 0.285 e. The van der Waals surface area contributed by atoms with Crippen molar-refractivity contribution in [2.75, 3.05) is 0 Å². The van der Waals surface area contributed by atoms with E-state index < -0.39 is 0 Å². The molecule has 0 spiro atoms. The molecule has 1 nitrogen and oxygen atoms in total. The van der Waals surface area contributed by atoms with Crippen LogP contribution in [0, 0.1) is 0 Å². The number of hydrogen-bond donors (Lipinski definition) is 0. The molecule has 0 fully saturated rings. The highest BCUT2D eigenvalue weighted by molar-refractivity contribution is 5.78. The Kier molecular flexibility index (Phi) is 3.03. The molecule has 0 atom stereocenters. The monoisotopic (exact) mass is 161 g/mol. The summed E-state index contributed by atoms with van der Waals surface area (Å²) in [6.45, 7) is 4.12. The Balaban J connectivity index is 3.10. The topological polar surface area (TPSA) is 17.1 Å². The van der Waals surface area contributed by atoms with E-state index >= 15 is 0 Å². The quantitative estimate of drug-likeness (QED) is 0.664. The highest BCUT2D eigenvalue weighted by Gasteiger charge is 2.00. The van der Waals surface area contributed by atoms with Gasteiger partial charge in [0.25, 0.3) is 0 Å². The minimum atomic E-state index is 0.719. The molecular weight excluding hydrogens is 148 g/mol. The van der Waals surface area contributed by atoms with Crippen molar-refractivity contribution in [3.63, 3.8) is 0 Å². The van der Waals surface area contributed by atoms with E-state index in [4.69, 9.17) is 0 Å². The van der Waals surface area contributed by atoms with Crippen LogP contribution in [-0.2, 0) is 17.6 Å². The van der Waals surface area contributed by atoms with E-state index in [9.17, 15) is 4.79 Å². The van der Waals surface area contributed by atoms with Crippen molar-refractivity contribution in [1.29, 1.82) is 0 Å². The van der Waals surface area contributed by atoms with Gasteiger partial charge in [-0.15, -0.1) is 0 Å². The van der Waals surface area contributed by atoms with Crippen LogP contribution in [0.5, 0.6) is 0 Å². The first-order chi connectivity index (χ1) is 5.81. The maximum atomic E-state index is 10.5. The second-order valence-corrected chi connectivity index (χ2v) is 2.80. The summed E-state index contributed by atoms with van der Waals surface area (Å²) in [6, 6.07) is 6.00. The zero-order valence-electron chi connectivity index (χ0n) is 7.55. The molecular formula is C11H13O. The SMILES string of the molecule is CCc1ccc(CC)c([C]=O)c1. The Bertz CT molecular complexity index is 276. The van der Waals surface area contributed by atoms with Gasteiger partial charge in [0.1, 0.15) is 0 Å². The van der Waals surface area contributed by atoms with E-state index in [-0.39, 0.29) is 0 Å². The highest BCUT2D eigenvalue weighted by Crippen LogP contribution is 2.11. The van der Waals surface area contributed by atoms with Gasteiger partial charge in [0, 0.05) is 5.56 Å². The van der Waals surface area contributed by atoms with Gasteiger partial charge in [-0.1, -0.05) is 26.0 Å². The van der Waals surface area contributed by atoms with Crippen LogP contribution in [-0.4, -0.2) is 6.29 Å². The van der Waals surface area contributed by atoms with E-state index in [1.807, 2.05) is 25.3 Å². The Morgan fingerprint density at radius 1 is 1.25 bits per heavy atom. The van der Waals surface area contributed by atoms with Crippen molar-refractivity contribution in [2.45, 2.75) is 26.7 Å². The van der Waals surface area contributed by atoms with Gasteiger partial charge >= 0.3 is 0 Å². The van der Waals surface area contributed by atoms with Crippen LogP contribution in [0.2, 0.25) is 0 Å². The van der Waals surface area contributed by atoms with Crippen LogP contribution in [0.1, 0.15) is 30.5 Å². The summed E-state index contributed by atoms with van der Waals surface area (Å²) in [5.41, 5.74) is 3.00. The minimum absolute atomic E-state index is 0.719. The van der Waals surface area contributed by atoms with E-state index in [0.29, 0.717) is 0 Å². The van der Waals surface area contributed by atoms with Gasteiger partial charge in [0.15, 0.2) is 0 Å². The standard InChI is InChI=1S/C11H13O/c1-3-9-5-6-10(4-2)11(7-9)8-12/h5-7H,3-4H2,1-2H3. The van der Waals surface area contributed by atoms with Gasteiger partial charge < -0.3 is 0 Å². The molecule has 0 aliphatic heterocycles. The molecule has 1 aromatic rings. The van der Waals surface area contributed by atoms with Crippen molar-refractivity contribution >= 4 is 6.29 Å². The summed E-state index contributed by atoms with van der Waals surface area (Å²) in [4.78, 5) is 10.5. The lowest BCUT2D eigenvalue weighted by molar-refractivity contribution is 0.562. The molecule has 1 heteroatoms. The molecule has 0 aliphatic carbocycles. The average molecular weight is 161 g/mol. The van der Waals surface area contributed by atoms with Gasteiger partial charge in [-0.25, -0.2) is 0 Å². The van der Waals surface area contributed by atoms with Crippen molar-refractivity contribution in [2.24, 2.45) is 0 Å². The third-order valence-electron chi connectivity index (χ3n) is 2.07. The maximum absolute atomic E-state index is 10.5. The molecule has 0 bridgehead atoms. The summed E-state index contributed by atoms with van der Waals surface area (Å²) in [7, 11) is 0. The molecule has 0 aliphatic rings. The molecule has 0 unspecified atom stereocenters. The Labute approximate surface area is 73.4 Å². The molecule has 0 N–H and O–H groups in total. The van der Waals surface area contributed by atoms with Crippen molar-refractivity contribution in [3.05, 3.63) is 34.9 Å². The van der Waals surface area contributed by atoms with Crippen molar-refractivity contribution in [3.8, 4) is 0 Å². The molecule has 0 saturated heterocycles. The third-order valence-corrected chi connectivity index (χ3v) is 2.07. The number of aryl methyl sites for hydroxylation is 2. The smallest absolute Gasteiger partial charge is 0.233 e. The second-order valence-electron chi connectivity index (χ2n) is 2.80. The van der Waals surface area contributed by atoms with Crippen molar-refractivity contribution < 1.29 is 4.79 Å². The third kappa shape index (κ3) is 1.73. The highest BCUT2D eigenvalue weighted by atomic mass is 16.1. The Morgan fingerprint density at radius 3 is 2.50 bits per heavy atom. The van der Waals surface area contributed by atoms with Gasteiger partial charge in [0.05, 0.1) is 0 Å². The van der Waals surface area contributed by atoms with Crippen molar-refractivity contribution in [1.82, 2.24) is 0 Å². The molecule has 0 saturated carbocycles. The Hall–Kier alpha value is -1.11. The maximum Gasteiger partial charge on any atom is 0.233 e. The van der Waals surface area contributed by atoms with Crippen LogP contribution >= 0.6 is 0 Å². The summed E-state index contributed by atoms with van der Waals surface area (Å²) < 4.78 is 0. The molecule has 1 aromatic carbocycles. The fourth-order valence-electron chi connectivity index (χ4n) is 1.25. The molecule has 12 heavy (non-hydrogen) atoms. The number of hydrogen-bond acceptors (Lipinski definition) is 1. The molecule has 0 aromatic heterocycles. The van der Waals surface area contributed by atoms with Gasteiger partial charge in [-0.2, -0.15) is 0 Å². The van der Waals surface area contributed by atoms with E-state index in [1.165, 1.54) is 5.56 Å². The number of carbonyl (C=O) groups excluding carboxylic acids is 1. The first-order valence-electron chi connectivity index (χ1n) is 4.31. The van der Waals surface area contributed by atoms with E-state index in [1.54, 1.807) is 0 Å². The normalized spacial score (nSPS) is 9.83. The zero-order valence-corrected chi connectivity index (χ0v) is 7.55. The van der Waals surface area contributed by atoms with Crippen LogP contribution in [0.25, 0.3) is 0 Å². The number of rotatable bonds is 3. The van der Waals surface area contributed by atoms with Gasteiger partial charge in [-0.3, -0.25) is 4.79 Å². The van der Waals surface area contributed by atoms with Gasteiger partial charge in [-0.05, 0) is 30.0 Å². The Morgan fingerprint density at radius 2 is 2.00 bits per heavy atom. The fraction of sp³-hybridized carbons (Fsp3) is 0.364. The first-order valence-corrected chi connectivity index (χ1v) is 4.31. The predicted molar refractivity (Wildman–Crippen MR) is 50.0 cm³/mol. The van der Waals surface area contributed by atoms with E-state index in [0.717, 1.165) is 24.0 Å².